The van der Waals surface area contributed by atoms with Crippen molar-refractivity contribution in [2.24, 2.45) is 0 Å². The molecule has 0 fully saturated rings. The van der Waals surface area contributed by atoms with E-state index in [1.165, 1.54) is 13.2 Å². The van der Waals surface area contributed by atoms with Gasteiger partial charge in [0.15, 0.2) is 5.78 Å². The minimum absolute atomic E-state index is 0.0652. The quantitative estimate of drug-likeness (QED) is 0.685. The van der Waals surface area contributed by atoms with Gasteiger partial charge in [-0.25, -0.2) is 4.39 Å². The number of carbonyl (C=O) groups is 1. The fourth-order valence-electron chi connectivity index (χ4n) is 1.86. The Bertz CT molecular complexity index is 658. The van der Waals surface area contributed by atoms with Crippen LogP contribution >= 0.6 is 15.9 Å². The molecule has 0 amide bonds. The molecule has 5 heteroatoms. The number of Topliss-reactive ketones (excluding diaryl/α,β-unsaturated/α-hetero) is 1. The van der Waals surface area contributed by atoms with E-state index in [4.69, 9.17) is 10.5 Å². The van der Waals surface area contributed by atoms with E-state index in [0.29, 0.717) is 27.0 Å². The normalized spacial score (nSPS) is 10.3. The van der Waals surface area contributed by atoms with Gasteiger partial charge >= 0.3 is 0 Å². The summed E-state index contributed by atoms with van der Waals surface area (Å²) in [4.78, 5) is 12.3. The van der Waals surface area contributed by atoms with E-state index in [-0.39, 0.29) is 12.2 Å². The average Bonchev–Trinajstić information content (AvgIpc) is 2.44. The van der Waals surface area contributed by atoms with Crippen molar-refractivity contribution in [3.05, 3.63) is 57.8 Å². The SMILES string of the molecule is COc1ccc(N)c(C(=O)Cc2cccc(F)c2Br)c1. The first-order valence-corrected chi connectivity index (χ1v) is 6.72. The first kappa shape index (κ1) is 14.5. The smallest absolute Gasteiger partial charge is 0.169 e. The molecule has 2 aromatic rings. The Hall–Kier alpha value is -1.88. The Morgan fingerprint density at radius 2 is 2.10 bits per heavy atom. The van der Waals surface area contributed by atoms with Crippen molar-refractivity contribution in [3.8, 4) is 5.75 Å². The monoisotopic (exact) mass is 337 g/mol. The zero-order valence-corrected chi connectivity index (χ0v) is 12.4. The molecule has 0 atom stereocenters. The van der Waals surface area contributed by atoms with Crippen LogP contribution in [-0.2, 0) is 6.42 Å². The highest BCUT2D eigenvalue weighted by Crippen LogP contribution is 2.25. The van der Waals surface area contributed by atoms with E-state index in [1.54, 1.807) is 30.3 Å². The lowest BCUT2D eigenvalue weighted by Crippen LogP contribution is -2.08. The van der Waals surface area contributed by atoms with Gasteiger partial charge in [0.2, 0.25) is 0 Å². The number of halogens is 2. The van der Waals surface area contributed by atoms with Gasteiger partial charge in [0.25, 0.3) is 0 Å². The summed E-state index contributed by atoms with van der Waals surface area (Å²) in [6, 6.07) is 9.48. The molecule has 0 spiro atoms. The average molecular weight is 338 g/mol. The molecule has 0 aliphatic heterocycles. The minimum Gasteiger partial charge on any atom is -0.497 e. The number of benzene rings is 2. The maximum Gasteiger partial charge on any atom is 0.169 e. The number of methoxy groups -OCH3 is 1. The van der Waals surface area contributed by atoms with Crippen LogP contribution in [0.15, 0.2) is 40.9 Å². The van der Waals surface area contributed by atoms with Gasteiger partial charge in [-0.3, -0.25) is 4.79 Å². The van der Waals surface area contributed by atoms with Crippen molar-refractivity contribution in [1.82, 2.24) is 0 Å². The lowest BCUT2D eigenvalue weighted by molar-refractivity contribution is 0.0993. The summed E-state index contributed by atoms with van der Waals surface area (Å²) in [5, 5.41) is 0. The fraction of sp³-hybridized carbons (Fsp3) is 0.133. The van der Waals surface area contributed by atoms with Crippen LogP contribution in [0.1, 0.15) is 15.9 Å². The molecule has 2 aromatic carbocycles. The number of hydrogen-bond acceptors (Lipinski definition) is 3. The zero-order chi connectivity index (χ0) is 14.7. The largest absolute Gasteiger partial charge is 0.497 e. The van der Waals surface area contributed by atoms with Gasteiger partial charge in [-0.1, -0.05) is 12.1 Å². The van der Waals surface area contributed by atoms with Gasteiger partial charge in [-0.15, -0.1) is 0 Å². The van der Waals surface area contributed by atoms with Crippen LogP contribution in [0.4, 0.5) is 10.1 Å². The number of carbonyl (C=O) groups excluding carboxylic acids is 1. The maximum absolute atomic E-state index is 13.4. The molecule has 3 nitrogen and oxygen atoms in total. The van der Waals surface area contributed by atoms with Crippen molar-refractivity contribution in [2.45, 2.75) is 6.42 Å². The van der Waals surface area contributed by atoms with Crippen LogP contribution in [0.25, 0.3) is 0 Å². The van der Waals surface area contributed by atoms with E-state index >= 15 is 0 Å². The van der Waals surface area contributed by atoms with E-state index < -0.39 is 5.82 Å². The highest BCUT2D eigenvalue weighted by molar-refractivity contribution is 9.10. The molecule has 0 aliphatic carbocycles. The van der Waals surface area contributed by atoms with E-state index in [0.717, 1.165) is 0 Å². The number of hydrogen-bond donors (Lipinski definition) is 1. The summed E-state index contributed by atoms with van der Waals surface area (Å²) in [6.07, 6.45) is 0.0652. The summed E-state index contributed by atoms with van der Waals surface area (Å²) < 4.78 is 18.8. The van der Waals surface area contributed by atoms with Gasteiger partial charge < -0.3 is 10.5 Å². The molecule has 20 heavy (non-hydrogen) atoms. The Kier molecular flexibility index (Phi) is 4.39. The van der Waals surface area contributed by atoms with Crippen molar-refractivity contribution in [2.75, 3.05) is 12.8 Å². The number of anilines is 1. The third kappa shape index (κ3) is 2.99. The first-order chi connectivity index (χ1) is 9.52. The highest BCUT2D eigenvalue weighted by atomic mass is 79.9. The molecule has 2 rings (SSSR count). The van der Waals surface area contributed by atoms with Crippen molar-refractivity contribution >= 4 is 27.4 Å². The van der Waals surface area contributed by atoms with Crippen molar-refractivity contribution in [1.29, 1.82) is 0 Å². The Balaban J connectivity index is 2.30. The topological polar surface area (TPSA) is 52.3 Å². The summed E-state index contributed by atoms with van der Waals surface area (Å²) >= 11 is 3.14. The maximum atomic E-state index is 13.4. The second-order valence-corrected chi connectivity index (χ2v) is 5.06. The molecule has 0 aliphatic rings. The third-order valence-corrected chi connectivity index (χ3v) is 3.83. The van der Waals surface area contributed by atoms with E-state index in [1.807, 2.05) is 0 Å². The molecular weight excluding hydrogens is 325 g/mol. The summed E-state index contributed by atoms with van der Waals surface area (Å²) in [6.45, 7) is 0. The first-order valence-electron chi connectivity index (χ1n) is 5.92. The van der Waals surface area contributed by atoms with Gasteiger partial charge in [-0.2, -0.15) is 0 Å². The standard InChI is InChI=1S/C15H13BrFNO2/c1-20-10-5-6-13(18)11(8-10)14(19)7-9-3-2-4-12(17)15(9)16/h2-6,8H,7,18H2,1H3. The van der Waals surface area contributed by atoms with Gasteiger partial charge in [0.05, 0.1) is 11.6 Å². The fourth-order valence-corrected chi connectivity index (χ4v) is 2.26. The number of rotatable bonds is 4. The zero-order valence-electron chi connectivity index (χ0n) is 10.8. The molecule has 0 bridgehead atoms. The molecule has 0 heterocycles. The van der Waals surface area contributed by atoms with Gasteiger partial charge in [-0.05, 0) is 45.8 Å². The van der Waals surface area contributed by atoms with Crippen molar-refractivity contribution < 1.29 is 13.9 Å². The number of ketones is 1. The van der Waals surface area contributed by atoms with E-state index in [9.17, 15) is 9.18 Å². The molecular formula is C15H13BrFNO2. The summed E-state index contributed by atoms with van der Waals surface area (Å²) in [7, 11) is 1.52. The van der Waals surface area contributed by atoms with E-state index in [2.05, 4.69) is 15.9 Å². The predicted octanol–water partition coefficient (Wildman–Crippen LogP) is 3.60. The second kappa shape index (κ2) is 6.05. The Morgan fingerprint density at radius 3 is 2.80 bits per heavy atom. The molecule has 0 radical (unpaired) electrons. The Labute approximate surface area is 124 Å². The van der Waals surface area contributed by atoms with Crippen LogP contribution in [0.2, 0.25) is 0 Å². The van der Waals surface area contributed by atoms with Crippen LogP contribution in [0, 0.1) is 5.82 Å². The van der Waals surface area contributed by atoms with Crippen LogP contribution < -0.4 is 10.5 Å². The van der Waals surface area contributed by atoms with Crippen molar-refractivity contribution in [3.63, 3.8) is 0 Å². The number of nitrogen functional groups attached to an aromatic ring is 1. The predicted molar refractivity (Wildman–Crippen MR) is 79.5 cm³/mol. The highest BCUT2D eigenvalue weighted by Gasteiger charge is 2.14. The molecule has 0 saturated carbocycles. The van der Waals surface area contributed by atoms with Gasteiger partial charge in [0.1, 0.15) is 11.6 Å². The van der Waals surface area contributed by atoms with Crippen LogP contribution in [0.5, 0.6) is 5.75 Å². The lowest BCUT2D eigenvalue weighted by atomic mass is 10.0. The lowest BCUT2D eigenvalue weighted by Gasteiger charge is -2.09. The number of ether oxygens (including phenoxy) is 1. The summed E-state index contributed by atoms with van der Waals surface area (Å²) in [5.41, 5.74) is 7.14. The van der Waals surface area contributed by atoms with Crippen LogP contribution in [-0.4, -0.2) is 12.9 Å². The molecule has 2 N–H and O–H groups in total. The Morgan fingerprint density at radius 1 is 1.35 bits per heavy atom. The molecule has 0 aromatic heterocycles. The molecule has 0 unspecified atom stereocenters. The second-order valence-electron chi connectivity index (χ2n) is 4.27. The third-order valence-electron chi connectivity index (χ3n) is 2.94. The van der Waals surface area contributed by atoms with Crippen LogP contribution in [0.3, 0.4) is 0 Å². The molecule has 104 valence electrons. The molecule has 0 saturated heterocycles. The summed E-state index contributed by atoms with van der Waals surface area (Å²) in [5.74, 6) is -0.0255. The van der Waals surface area contributed by atoms with Gasteiger partial charge in [0, 0.05) is 17.7 Å². The minimum atomic E-state index is -0.395. The number of nitrogens with two attached hydrogens (primary N) is 1.